The molecule has 1 aliphatic rings. The fourth-order valence-corrected chi connectivity index (χ4v) is 4.14. The number of anilines is 2. The quantitative estimate of drug-likeness (QED) is 0.629. The van der Waals surface area contributed by atoms with Gasteiger partial charge in [0.1, 0.15) is 29.0 Å². The number of nitrogens with two attached hydrogens (primary N) is 1. The van der Waals surface area contributed by atoms with Gasteiger partial charge in [-0.3, -0.25) is 4.79 Å². The second-order valence-electron chi connectivity index (χ2n) is 8.09. The van der Waals surface area contributed by atoms with E-state index in [0.717, 1.165) is 0 Å². The molecule has 31 heavy (non-hydrogen) atoms. The van der Waals surface area contributed by atoms with Crippen molar-refractivity contribution >= 4 is 29.0 Å². The summed E-state index contributed by atoms with van der Waals surface area (Å²) in [5.74, 6) is 0.151. The molecule has 0 saturated carbocycles. The zero-order valence-electron chi connectivity index (χ0n) is 17.1. The first kappa shape index (κ1) is 21.3. The Labute approximate surface area is 183 Å². The Hall–Kier alpha value is -2.97. The smallest absolute Gasteiger partial charge is 0.236 e. The first-order chi connectivity index (χ1) is 14.7. The number of fused-ring (bicyclic) bond motifs is 1. The Morgan fingerprint density at radius 1 is 1.26 bits per heavy atom. The van der Waals surface area contributed by atoms with Crippen LogP contribution in [0.5, 0.6) is 0 Å². The molecule has 0 atom stereocenters. The van der Waals surface area contributed by atoms with Crippen molar-refractivity contribution in [3.8, 4) is 11.3 Å². The van der Waals surface area contributed by atoms with Crippen LogP contribution in [0.1, 0.15) is 19.7 Å². The molecule has 2 heterocycles. The molecule has 0 aliphatic carbocycles. The predicted molar refractivity (Wildman–Crippen MR) is 116 cm³/mol. The van der Waals surface area contributed by atoms with Crippen LogP contribution in [-0.4, -0.2) is 33.4 Å². The molecule has 4 rings (SSSR count). The SMILES string of the molecule is CC1(C)CN(C(=O)CN)Cc2nc(-c3cccc(F)c3)c(Nc3ccc(F)c(Cl)c3)n21. The van der Waals surface area contributed by atoms with Crippen molar-refractivity contribution in [2.24, 2.45) is 5.73 Å². The highest BCUT2D eigenvalue weighted by molar-refractivity contribution is 6.31. The van der Waals surface area contributed by atoms with Crippen molar-refractivity contribution < 1.29 is 13.6 Å². The maximum atomic E-state index is 14.0. The molecule has 0 unspecified atom stereocenters. The monoisotopic (exact) mass is 445 g/mol. The van der Waals surface area contributed by atoms with Gasteiger partial charge in [-0.05, 0) is 44.2 Å². The van der Waals surface area contributed by atoms with Crippen molar-refractivity contribution in [3.63, 3.8) is 0 Å². The molecule has 0 spiro atoms. The molecule has 2 aromatic carbocycles. The normalized spacial score (nSPS) is 15.0. The van der Waals surface area contributed by atoms with Crippen LogP contribution in [0.15, 0.2) is 42.5 Å². The number of aromatic nitrogens is 2. The number of nitrogens with zero attached hydrogens (tertiary/aromatic N) is 3. The van der Waals surface area contributed by atoms with Crippen molar-refractivity contribution in [3.05, 3.63) is 64.9 Å². The van der Waals surface area contributed by atoms with Gasteiger partial charge in [-0.2, -0.15) is 0 Å². The highest BCUT2D eigenvalue weighted by Crippen LogP contribution is 2.39. The number of hydrogen-bond donors (Lipinski definition) is 2. The van der Waals surface area contributed by atoms with E-state index < -0.39 is 17.2 Å². The number of nitrogens with one attached hydrogen (secondary N) is 1. The Balaban J connectivity index is 1.88. The third-order valence-electron chi connectivity index (χ3n) is 5.27. The lowest BCUT2D eigenvalue weighted by molar-refractivity contribution is -0.132. The number of benzene rings is 2. The second-order valence-corrected chi connectivity index (χ2v) is 8.50. The molecule has 3 N–H and O–H groups in total. The van der Waals surface area contributed by atoms with Crippen molar-refractivity contribution in [2.45, 2.75) is 25.9 Å². The summed E-state index contributed by atoms with van der Waals surface area (Å²) in [5.41, 5.74) is 6.68. The molecule has 1 aromatic heterocycles. The van der Waals surface area contributed by atoms with Gasteiger partial charge in [0, 0.05) is 17.8 Å². The number of hydrogen-bond acceptors (Lipinski definition) is 4. The van der Waals surface area contributed by atoms with Crippen molar-refractivity contribution in [2.75, 3.05) is 18.4 Å². The summed E-state index contributed by atoms with van der Waals surface area (Å²) in [4.78, 5) is 18.7. The van der Waals surface area contributed by atoms with E-state index in [0.29, 0.717) is 35.1 Å². The molecule has 1 amide bonds. The zero-order chi connectivity index (χ0) is 22.3. The Morgan fingerprint density at radius 3 is 2.71 bits per heavy atom. The molecule has 0 bridgehead atoms. The summed E-state index contributed by atoms with van der Waals surface area (Å²) in [6.07, 6.45) is 0. The minimum atomic E-state index is -0.539. The Bertz CT molecular complexity index is 1160. The maximum Gasteiger partial charge on any atom is 0.236 e. The van der Waals surface area contributed by atoms with Gasteiger partial charge >= 0.3 is 0 Å². The van der Waals surface area contributed by atoms with Gasteiger partial charge in [-0.15, -0.1) is 0 Å². The van der Waals surface area contributed by atoms with Crippen LogP contribution in [-0.2, 0) is 16.9 Å². The summed E-state index contributed by atoms with van der Waals surface area (Å²) in [5, 5.41) is 3.26. The summed E-state index contributed by atoms with van der Waals surface area (Å²) in [6.45, 7) is 4.56. The zero-order valence-corrected chi connectivity index (χ0v) is 17.9. The van der Waals surface area contributed by atoms with E-state index in [9.17, 15) is 13.6 Å². The highest BCUT2D eigenvalue weighted by atomic mass is 35.5. The lowest BCUT2D eigenvalue weighted by atomic mass is 10.0. The van der Waals surface area contributed by atoms with E-state index in [1.807, 2.05) is 18.4 Å². The lowest BCUT2D eigenvalue weighted by Crippen LogP contribution is -2.50. The van der Waals surface area contributed by atoms with Crippen LogP contribution in [0, 0.1) is 11.6 Å². The third kappa shape index (κ3) is 4.00. The topological polar surface area (TPSA) is 76.2 Å². The van der Waals surface area contributed by atoms with Gasteiger partial charge in [0.2, 0.25) is 5.91 Å². The molecule has 0 saturated heterocycles. The van der Waals surface area contributed by atoms with Crippen LogP contribution in [0.3, 0.4) is 0 Å². The van der Waals surface area contributed by atoms with Gasteiger partial charge in [0.15, 0.2) is 0 Å². The van der Waals surface area contributed by atoms with E-state index in [1.165, 1.54) is 24.3 Å². The van der Waals surface area contributed by atoms with E-state index in [1.54, 1.807) is 23.1 Å². The van der Waals surface area contributed by atoms with Gasteiger partial charge in [-0.1, -0.05) is 23.7 Å². The average Bonchev–Trinajstić information content (AvgIpc) is 3.09. The average molecular weight is 446 g/mol. The van der Waals surface area contributed by atoms with E-state index in [2.05, 4.69) is 5.32 Å². The molecule has 6 nitrogen and oxygen atoms in total. The minimum absolute atomic E-state index is 0.0188. The molecule has 3 aromatic rings. The molecule has 162 valence electrons. The van der Waals surface area contributed by atoms with Crippen LogP contribution >= 0.6 is 11.6 Å². The predicted octanol–water partition coefficient (Wildman–Crippen LogP) is 4.26. The Morgan fingerprint density at radius 2 is 2.03 bits per heavy atom. The highest BCUT2D eigenvalue weighted by Gasteiger charge is 2.37. The number of carbonyl (C=O) groups excluding carboxylic acids is 1. The number of imidazole rings is 1. The van der Waals surface area contributed by atoms with Gasteiger partial charge < -0.3 is 20.5 Å². The Kier molecular flexibility index (Phi) is 5.45. The molecule has 0 radical (unpaired) electrons. The molecule has 1 aliphatic heterocycles. The second kappa shape index (κ2) is 7.94. The van der Waals surface area contributed by atoms with Crippen molar-refractivity contribution in [1.82, 2.24) is 14.5 Å². The molecule has 0 fully saturated rings. The number of halogens is 3. The third-order valence-corrected chi connectivity index (χ3v) is 5.56. The van der Waals surface area contributed by atoms with Gasteiger partial charge in [0.25, 0.3) is 0 Å². The first-order valence-corrected chi connectivity index (χ1v) is 10.2. The minimum Gasteiger partial charge on any atom is -0.340 e. The van der Waals surface area contributed by atoms with Crippen LogP contribution < -0.4 is 11.1 Å². The van der Waals surface area contributed by atoms with Gasteiger partial charge in [0.05, 0.1) is 23.7 Å². The van der Waals surface area contributed by atoms with Gasteiger partial charge in [-0.25, -0.2) is 13.8 Å². The van der Waals surface area contributed by atoms with E-state index in [4.69, 9.17) is 22.3 Å². The number of amides is 1. The largest absolute Gasteiger partial charge is 0.340 e. The molecule has 9 heteroatoms. The summed E-state index contributed by atoms with van der Waals surface area (Å²) in [6, 6.07) is 10.4. The lowest BCUT2D eigenvalue weighted by Gasteiger charge is -2.40. The first-order valence-electron chi connectivity index (χ1n) is 9.77. The maximum absolute atomic E-state index is 14.0. The van der Waals surface area contributed by atoms with E-state index in [-0.39, 0.29) is 24.0 Å². The molecular formula is C22H22ClF2N5O. The molecular weight excluding hydrogens is 424 g/mol. The summed E-state index contributed by atoms with van der Waals surface area (Å²) in [7, 11) is 0. The number of rotatable bonds is 4. The van der Waals surface area contributed by atoms with Crippen LogP contribution in [0.2, 0.25) is 5.02 Å². The van der Waals surface area contributed by atoms with Crippen molar-refractivity contribution in [1.29, 1.82) is 0 Å². The standard InChI is InChI=1S/C22H22ClF2N5O/c1-22(2)12-29(19(31)10-26)11-18-28-20(13-4-3-5-14(24)8-13)21(30(18)22)27-15-6-7-17(25)16(23)9-15/h3-9,27H,10-12,26H2,1-2H3. The van der Waals surface area contributed by atoms with Crippen LogP contribution in [0.4, 0.5) is 20.3 Å². The fraction of sp³-hybridized carbons (Fsp3) is 0.273. The summed E-state index contributed by atoms with van der Waals surface area (Å²) >= 11 is 5.96. The summed E-state index contributed by atoms with van der Waals surface area (Å²) < 4.78 is 29.6. The van der Waals surface area contributed by atoms with E-state index >= 15 is 0 Å². The number of carbonyl (C=O) groups is 1. The van der Waals surface area contributed by atoms with Crippen LogP contribution in [0.25, 0.3) is 11.3 Å². The fourth-order valence-electron chi connectivity index (χ4n) is 3.96.